The number of phenols is 1. The van der Waals surface area contributed by atoms with Crippen molar-refractivity contribution in [3.05, 3.63) is 78.1 Å². The van der Waals surface area contributed by atoms with Crippen LogP contribution >= 0.6 is 36.0 Å². The van der Waals surface area contributed by atoms with Gasteiger partial charge in [-0.15, -0.1) is 14.6 Å². The molecule has 0 unspecified atom stereocenters. The third-order valence-corrected chi connectivity index (χ3v) is 10.2. The van der Waals surface area contributed by atoms with Gasteiger partial charge in [0.1, 0.15) is 21.5 Å². The van der Waals surface area contributed by atoms with Gasteiger partial charge in [0.15, 0.2) is 27.9 Å². The van der Waals surface area contributed by atoms with E-state index in [2.05, 4.69) is 54.6 Å². The summed E-state index contributed by atoms with van der Waals surface area (Å²) >= 11 is 6.71. The average Bonchev–Trinajstić information content (AvgIpc) is 3.10. The number of aromatic hydroxyl groups is 1. The second-order valence-electron chi connectivity index (χ2n) is 9.72. The van der Waals surface area contributed by atoms with Crippen LogP contribution in [0.4, 0.5) is 34.6 Å². The summed E-state index contributed by atoms with van der Waals surface area (Å²) in [7, 11) is -8.63. The summed E-state index contributed by atoms with van der Waals surface area (Å²) in [5.41, 5.74) is 0.276. The number of sulfone groups is 1. The van der Waals surface area contributed by atoms with Gasteiger partial charge in [0.25, 0.3) is 0 Å². The Morgan fingerprint density at radius 3 is 2.09 bits per heavy atom. The molecule has 28 heteroatoms. The van der Waals surface area contributed by atoms with Gasteiger partial charge >= 0.3 is 88.7 Å². The molecule has 0 radical (unpaired) electrons. The fourth-order valence-corrected chi connectivity index (χ4v) is 6.96. The van der Waals surface area contributed by atoms with Crippen molar-refractivity contribution in [2.45, 2.75) is 22.1 Å². The number of nitrogens with one attached hydrogen (secondary N) is 2. The van der Waals surface area contributed by atoms with Crippen LogP contribution in [0.1, 0.15) is 7.43 Å². The summed E-state index contributed by atoms with van der Waals surface area (Å²) < 4.78 is 73.1. The molecule has 20 nitrogen and oxygen atoms in total. The minimum Gasteiger partial charge on any atom is -0.744 e. The number of anilines is 4. The number of fused-ring (bicyclic) bond motifs is 1. The third-order valence-electron chi connectivity index (χ3n) is 6.47. The fraction of sp³-hybridized carbons (Fsp3) is 0.107. The van der Waals surface area contributed by atoms with E-state index < -0.39 is 36.4 Å². The Kier molecular flexibility index (Phi) is 23.3. The van der Waals surface area contributed by atoms with Crippen LogP contribution in [-0.4, -0.2) is 53.8 Å². The molecule has 1 aromatic heterocycles. The van der Waals surface area contributed by atoms with Crippen molar-refractivity contribution < 1.29 is 149 Å². The molecule has 0 atom stereocenters. The molecule has 5 rings (SSSR count). The minimum absolute atomic E-state index is 0. The Morgan fingerprint density at radius 1 is 0.821 bits per heavy atom. The van der Waals surface area contributed by atoms with Crippen LogP contribution in [0.2, 0.25) is 5.28 Å². The van der Waals surface area contributed by atoms with Crippen molar-refractivity contribution in [3.8, 4) is 5.75 Å². The van der Waals surface area contributed by atoms with E-state index in [9.17, 15) is 37.0 Å². The Labute approximate surface area is 399 Å². The number of phenolic OH excluding ortho intramolecular Hbond substituents is 1. The summed E-state index contributed by atoms with van der Waals surface area (Å²) in [4.78, 5) is 11.7. The zero-order valence-electron chi connectivity index (χ0n) is 28.4. The van der Waals surface area contributed by atoms with E-state index in [0.717, 1.165) is 6.07 Å². The van der Waals surface area contributed by atoms with Gasteiger partial charge in [0, 0.05) is 16.8 Å². The number of benzene rings is 4. The van der Waals surface area contributed by atoms with Crippen LogP contribution < -0.4 is 110 Å². The smallest absolute Gasteiger partial charge is 0.744 e. The first-order chi connectivity index (χ1) is 24.9. The van der Waals surface area contributed by atoms with Crippen LogP contribution in [0.3, 0.4) is 0 Å². The van der Waals surface area contributed by atoms with Gasteiger partial charge in [0.05, 0.1) is 39.1 Å². The Morgan fingerprint density at radius 2 is 1.45 bits per heavy atom. The Hall–Kier alpha value is -1.28. The SMILES string of the molecule is C.O=S(=O)([O-])c1ccccc1N=Nc1c(SOO[O-])cc2cc(Nc3nc(Cl)nc(Nc4ccc(S(=O)(=O)CCOSOO[O-])cc4)n3)ccc2c1O.[Na+].[Na+].[Na+]. The molecule has 0 fully saturated rings. The maximum atomic E-state index is 12.5. The van der Waals surface area contributed by atoms with Gasteiger partial charge in [0.2, 0.25) is 17.2 Å². The largest absolute Gasteiger partial charge is 1.00 e. The van der Waals surface area contributed by atoms with Crippen molar-refractivity contribution in [1.82, 2.24) is 15.0 Å². The van der Waals surface area contributed by atoms with Crippen LogP contribution in [-0.2, 0) is 42.9 Å². The number of nitrogens with zero attached hydrogens (tertiary/aromatic N) is 5. The first-order valence-corrected chi connectivity index (χ1v) is 18.7. The molecule has 0 bridgehead atoms. The molecular formula is C28H23ClN7Na3O13S4. The predicted molar refractivity (Wildman–Crippen MR) is 185 cm³/mol. The topological polar surface area (TPSA) is 291 Å². The molecule has 0 aliphatic heterocycles. The molecule has 3 N–H and O–H groups in total. The summed E-state index contributed by atoms with van der Waals surface area (Å²) in [6.45, 7) is -0.276. The van der Waals surface area contributed by atoms with Gasteiger partial charge < -0.3 is 30.8 Å². The zero-order valence-corrected chi connectivity index (χ0v) is 38.5. The van der Waals surface area contributed by atoms with E-state index in [4.69, 9.17) is 15.8 Å². The quantitative estimate of drug-likeness (QED) is 0.0151. The minimum atomic E-state index is -4.90. The number of hydrogen-bond donors (Lipinski definition) is 3. The molecule has 0 aliphatic rings. The summed E-state index contributed by atoms with van der Waals surface area (Å²) in [5.74, 6) is -0.848. The van der Waals surface area contributed by atoms with Crippen LogP contribution in [0, 0.1) is 0 Å². The molecule has 0 spiro atoms. The summed E-state index contributed by atoms with van der Waals surface area (Å²) in [5, 5.41) is 52.0. The van der Waals surface area contributed by atoms with Crippen molar-refractivity contribution in [3.63, 3.8) is 0 Å². The summed E-state index contributed by atoms with van der Waals surface area (Å²) in [6, 6.07) is 16.7. The van der Waals surface area contributed by atoms with Gasteiger partial charge in [-0.3, -0.25) is 14.3 Å². The van der Waals surface area contributed by atoms with E-state index in [1.54, 1.807) is 12.1 Å². The Bertz CT molecular complexity index is 2320. The molecule has 0 saturated heterocycles. The maximum Gasteiger partial charge on any atom is 1.00 e. The monoisotopic (exact) mass is 897 g/mol. The van der Waals surface area contributed by atoms with E-state index >= 15 is 0 Å². The molecule has 282 valence electrons. The molecule has 56 heavy (non-hydrogen) atoms. The molecule has 4 aromatic carbocycles. The van der Waals surface area contributed by atoms with E-state index in [1.165, 1.54) is 54.6 Å². The van der Waals surface area contributed by atoms with Crippen LogP contribution in [0.5, 0.6) is 5.75 Å². The molecule has 0 aliphatic carbocycles. The fourth-order valence-electron chi connectivity index (χ4n) is 4.29. The van der Waals surface area contributed by atoms with Gasteiger partial charge in [-0.25, -0.2) is 16.8 Å². The normalized spacial score (nSPS) is 11.2. The van der Waals surface area contributed by atoms with Gasteiger partial charge in [-0.05, 0) is 77.7 Å². The van der Waals surface area contributed by atoms with Crippen molar-refractivity contribution >= 4 is 101 Å². The standard InChI is InChI=1S/C27H22ClN7O13S4.CH4.3Na/c28-25-31-26(29-16-5-8-18(9-6-16)51(39,40)12-11-44-50-48-46-38)33-27(32-25)30-17-7-10-19-15(13-17)14-21(49-47-45-37)23(24(19)36)35-34-20-3-1-2-4-22(20)52(41,42)43;;;;/h1-10,13-14,36-38H,11-12H2,(H,41,42,43)(H2,29,30,31,32,33);1H4;;;/q;;3*+1/p-3. The first-order valence-electron chi connectivity index (χ1n) is 13.8. The summed E-state index contributed by atoms with van der Waals surface area (Å²) in [6.07, 6.45) is 0. The molecule has 0 amide bonds. The zero-order chi connectivity index (χ0) is 37.3. The number of rotatable bonds is 17. The van der Waals surface area contributed by atoms with Crippen molar-refractivity contribution in [2.24, 2.45) is 10.2 Å². The first kappa shape index (κ1) is 52.7. The second kappa shape index (κ2) is 24.7. The van der Waals surface area contributed by atoms with Crippen LogP contribution in [0.25, 0.3) is 10.8 Å². The molecule has 5 aromatic rings. The second-order valence-corrected chi connectivity index (χ2v) is 14.8. The number of hydrogen-bond acceptors (Lipinski definition) is 22. The van der Waals surface area contributed by atoms with Crippen molar-refractivity contribution in [1.29, 1.82) is 0 Å². The Balaban J connectivity index is 0.00000392. The van der Waals surface area contributed by atoms with E-state index in [-0.39, 0.29) is 159 Å². The maximum absolute atomic E-state index is 12.5. The van der Waals surface area contributed by atoms with Gasteiger partial charge in [-0.2, -0.15) is 19.3 Å². The van der Waals surface area contributed by atoms with E-state index in [0.29, 0.717) is 28.8 Å². The average molecular weight is 898 g/mol. The molecule has 1 heterocycles. The molecule has 0 saturated carbocycles. The van der Waals surface area contributed by atoms with Crippen LogP contribution in [0.15, 0.2) is 97.7 Å². The van der Waals surface area contributed by atoms with Crippen molar-refractivity contribution in [2.75, 3.05) is 23.0 Å². The number of azo groups is 1. The molecular weight excluding hydrogens is 875 g/mol. The predicted octanol–water partition coefficient (Wildman–Crippen LogP) is -4.35. The van der Waals surface area contributed by atoms with Gasteiger partial charge in [-0.1, -0.05) is 19.6 Å². The van der Waals surface area contributed by atoms with E-state index in [1.807, 2.05) is 0 Å². The number of halogens is 1. The number of aromatic nitrogens is 3. The third kappa shape index (κ3) is 14.8.